The first-order valence-electron chi connectivity index (χ1n) is 7.75. The molecule has 0 saturated heterocycles. The number of furan rings is 1. The number of nitrogens with zero attached hydrogens (tertiary/aromatic N) is 1. The Bertz CT molecular complexity index is 384. The molecule has 19 heavy (non-hydrogen) atoms. The van der Waals surface area contributed by atoms with Crippen LogP contribution in [-0.2, 0) is 0 Å². The predicted molar refractivity (Wildman–Crippen MR) is 79.1 cm³/mol. The molecule has 1 aromatic heterocycles. The van der Waals surface area contributed by atoms with Crippen LogP contribution in [-0.4, -0.2) is 23.5 Å². The third kappa shape index (κ3) is 3.61. The summed E-state index contributed by atoms with van der Waals surface area (Å²) >= 11 is 0. The highest BCUT2D eigenvalue weighted by Crippen LogP contribution is 2.37. The highest BCUT2D eigenvalue weighted by molar-refractivity contribution is 5.13. The minimum atomic E-state index is 0.156. The molecular formula is C16H28N2O. The summed E-state index contributed by atoms with van der Waals surface area (Å²) in [6.45, 7) is 7.56. The molecule has 0 aromatic carbocycles. The molecule has 0 spiro atoms. The van der Waals surface area contributed by atoms with Crippen LogP contribution >= 0.6 is 0 Å². The third-order valence-electron chi connectivity index (χ3n) is 4.07. The van der Waals surface area contributed by atoms with Crippen LogP contribution in [0.4, 0.5) is 0 Å². The molecule has 1 aromatic rings. The number of hydrogen-bond donors (Lipinski definition) is 1. The molecule has 1 aliphatic rings. The van der Waals surface area contributed by atoms with Crippen molar-refractivity contribution in [2.45, 2.75) is 71.0 Å². The number of hydrogen-bond acceptors (Lipinski definition) is 3. The Morgan fingerprint density at radius 3 is 2.58 bits per heavy atom. The van der Waals surface area contributed by atoms with Crippen molar-refractivity contribution in [1.82, 2.24) is 4.90 Å². The largest absolute Gasteiger partial charge is 0.465 e. The Balaban J connectivity index is 2.19. The zero-order chi connectivity index (χ0) is 13.8. The molecular weight excluding hydrogens is 236 g/mol. The number of aryl methyl sites for hydroxylation is 1. The van der Waals surface area contributed by atoms with Crippen molar-refractivity contribution >= 4 is 0 Å². The molecule has 1 heterocycles. The molecule has 2 rings (SSSR count). The predicted octanol–water partition coefficient (Wildman–Crippen LogP) is 3.63. The minimum Gasteiger partial charge on any atom is -0.465 e. The first-order valence-corrected chi connectivity index (χ1v) is 7.75. The summed E-state index contributed by atoms with van der Waals surface area (Å²) in [4.78, 5) is 2.59. The summed E-state index contributed by atoms with van der Waals surface area (Å²) in [5.74, 6) is 2.03. The van der Waals surface area contributed by atoms with Gasteiger partial charge in [-0.1, -0.05) is 20.3 Å². The first kappa shape index (κ1) is 14.6. The molecule has 108 valence electrons. The molecule has 1 fully saturated rings. The van der Waals surface area contributed by atoms with Crippen molar-refractivity contribution in [1.29, 1.82) is 0 Å². The lowest BCUT2D eigenvalue weighted by Crippen LogP contribution is -2.42. The van der Waals surface area contributed by atoms with Gasteiger partial charge in [-0.05, 0) is 51.3 Å². The Hall–Kier alpha value is -0.800. The van der Waals surface area contributed by atoms with Crippen molar-refractivity contribution in [3.63, 3.8) is 0 Å². The van der Waals surface area contributed by atoms with Gasteiger partial charge in [-0.25, -0.2) is 0 Å². The van der Waals surface area contributed by atoms with Crippen LogP contribution < -0.4 is 5.73 Å². The average molecular weight is 264 g/mol. The van der Waals surface area contributed by atoms with Gasteiger partial charge in [-0.15, -0.1) is 0 Å². The van der Waals surface area contributed by atoms with E-state index in [-0.39, 0.29) is 12.1 Å². The minimum absolute atomic E-state index is 0.156. The van der Waals surface area contributed by atoms with Crippen LogP contribution in [0.3, 0.4) is 0 Å². The maximum absolute atomic E-state index is 6.40. The fourth-order valence-electron chi connectivity index (χ4n) is 2.75. The monoisotopic (exact) mass is 264 g/mol. The standard InChI is InChI=1S/C16H28N2O/c1-4-6-11-18(13-8-9-13)16(14(17)5-2)15-10-7-12(3)19-15/h7,10,13-14,16H,4-6,8-9,11,17H2,1-3H3. The zero-order valence-electron chi connectivity index (χ0n) is 12.6. The third-order valence-corrected chi connectivity index (χ3v) is 4.07. The topological polar surface area (TPSA) is 42.4 Å². The molecule has 2 N–H and O–H groups in total. The second kappa shape index (κ2) is 6.58. The van der Waals surface area contributed by atoms with Gasteiger partial charge in [0.1, 0.15) is 11.5 Å². The quantitative estimate of drug-likeness (QED) is 0.779. The van der Waals surface area contributed by atoms with E-state index in [2.05, 4.69) is 30.9 Å². The van der Waals surface area contributed by atoms with E-state index >= 15 is 0 Å². The van der Waals surface area contributed by atoms with Gasteiger partial charge in [0.2, 0.25) is 0 Å². The van der Waals surface area contributed by atoms with Crippen LogP contribution in [0, 0.1) is 6.92 Å². The molecule has 2 atom stereocenters. The fourth-order valence-corrected chi connectivity index (χ4v) is 2.75. The van der Waals surface area contributed by atoms with Crippen LogP contribution in [0.25, 0.3) is 0 Å². The van der Waals surface area contributed by atoms with Gasteiger partial charge in [0, 0.05) is 12.1 Å². The molecule has 1 aliphatic carbocycles. The van der Waals surface area contributed by atoms with E-state index in [4.69, 9.17) is 10.2 Å². The molecule has 1 saturated carbocycles. The van der Waals surface area contributed by atoms with Gasteiger partial charge in [0.05, 0.1) is 6.04 Å². The molecule has 3 nitrogen and oxygen atoms in total. The van der Waals surface area contributed by atoms with Gasteiger partial charge >= 0.3 is 0 Å². The summed E-state index contributed by atoms with van der Waals surface area (Å²) in [5.41, 5.74) is 6.40. The lowest BCUT2D eigenvalue weighted by Gasteiger charge is -2.34. The van der Waals surface area contributed by atoms with Crippen LogP contribution in [0.2, 0.25) is 0 Å². The average Bonchev–Trinajstić information content (AvgIpc) is 3.16. The van der Waals surface area contributed by atoms with E-state index in [0.29, 0.717) is 0 Å². The SMILES string of the molecule is CCCCN(C1CC1)C(c1ccc(C)o1)C(N)CC. The van der Waals surface area contributed by atoms with Gasteiger partial charge < -0.3 is 10.2 Å². The lowest BCUT2D eigenvalue weighted by molar-refractivity contribution is 0.136. The second-order valence-corrected chi connectivity index (χ2v) is 5.79. The van der Waals surface area contributed by atoms with E-state index in [1.807, 2.05) is 6.92 Å². The van der Waals surface area contributed by atoms with Crippen LogP contribution in [0.5, 0.6) is 0 Å². The molecule has 0 amide bonds. The molecule has 0 radical (unpaired) electrons. The van der Waals surface area contributed by atoms with Gasteiger partial charge in [0.25, 0.3) is 0 Å². The molecule has 3 heteroatoms. The Morgan fingerprint density at radius 1 is 1.37 bits per heavy atom. The lowest BCUT2D eigenvalue weighted by atomic mass is 10.0. The smallest absolute Gasteiger partial charge is 0.122 e. The van der Waals surface area contributed by atoms with E-state index in [0.717, 1.165) is 30.5 Å². The highest BCUT2D eigenvalue weighted by atomic mass is 16.3. The van der Waals surface area contributed by atoms with E-state index < -0.39 is 0 Å². The number of unbranched alkanes of at least 4 members (excludes halogenated alkanes) is 1. The molecule has 2 unspecified atom stereocenters. The summed E-state index contributed by atoms with van der Waals surface area (Å²) in [6.07, 6.45) is 6.09. The van der Waals surface area contributed by atoms with Gasteiger partial charge in [0.15, 0.2) is 0 Å². The summed E-state index contributed by atoms with van der Waals surface area (Å²) in [5, 5.41) is 0. The van der Waals surface area contributed by atoms with Crippen molar-refractivity contribution in [2.75, 3.05) is 6.54 Å². The van der Waals surface area contributed by atoms with E-state index in [9.17, 15) is 0 Å². The summed E-state index contributed by atoms with van der Waals surface area (Å²) in [6, 6.07) is 5.28. The first-order chi connectivity index (χ1) is 9.17. The molecule has 0 bridgehead atoms. The van der Waals surface area contributed by atoms with E-state index in [1.165, 1.54) is 25.7 Å². The van der Waals surface area contributed by atoms with Crippen molar-refractivity contribution in [2.24, 2.45) is 5.73 Å². The molecule has 0 aliphatic heterocycles. The Labute approximate surface area is 117 Å². The van der Waals surface area contributed by atoms with Crippen molar-refractivity contribution < 1.29 is 4.42 Å². The van der Waals surface area contributed by atoms with Crippen molar-refractivity contribution in [3.8, 4) is 0 Å². The van der Waals surface area contributed by atoms with Crippen LogP contribution in [0.1, 0.15) is 63.5 Å². The zero-order valence-corrected chi connectivity index (χ0v) is 12.6. The summed E-state index contributed by atoms with van der Waals surface area (Å²) in [7, 11) is 0. The number of rotatable bonds is 8. The fraction of sp³-hybridized carbons (Fsp3) is 0.750. The highest BCUT2D eigenvalue weighted by Gasteiger charge is 2.37. The number of nitrogens with two attached hydrogens (primary N) is 1. The summed E-state index contributed by atoms with van der Waals surface area (Å²) < 4.78 is 5.89. The maximum Gasteiger partial charge on any atom is 0.122 e. The Morgan fingerprint density at radius 2 is 2.11 bits per heavy atom. The van der Waals surface area contributed by atoms with Gasteiger partial charge in [-0.2, -0.15) is 0 Å². The maximum atomic E-state index is 6.40. The van der Waals surface area contributed by atoms with Crippen molar-refractivity contribution in [3.05, 3.63) is 23.7 Å². The normalized spacial score (nSPS) is 18.8. The van der Waals surface area contributed by atoms with Crippen LogP contribution in [0.15, 0.2) is 16.5 Å². The van der Waals surface area contributed by atoms with Gasteiger partial charge in [-0.3, -0.25) is 4.90 Å². The second-order valence-electron chi connectivity index (χ2n) is 5.79. The Kier molecular flexibility index (Phi) is 5.06. The van der Waals surface area contributed by atoms with E-state index in [1.54, 1.807) is 0 Å².